The molecule has 0 spiro atoms. The first-order valence-electron chi connectivity index (χ1n) is 4.87. The summed E-state index contributed by atoms with van der Waals surface area (Å²) in [5.74, 6) is 0. The summed E-state index contributed by atoms with van der Waals surface area (Å²) in [6.45, 7) is 0.450. The second kappa shape index (κ2) is 4.55. The van der Waals surface area contributed by atoms with Crippen molar-refractivity contribution < 1.29 is 8.42 Å². The van der Waals surface area contributed by atoms with Crippen LogP contribution in [-0.4, -0.2) is 30.9 Å². The molecule has 16 heavy (non-hydrogen) atoms. The Morgan fingerprint density at radius 2 is 2.06 bits per heavy atom. The number of rotatable bonds is 3. The van der Waals surface area contributed by atoms with Crippen LogP contribution in [0, 0.1) is 0 Å². The maximum absolute atomic E-state index is 12.1. The fourth-order valence-corrected chi connectivity index (χ4v) is 3.17. The molecular weight excluding hydrogens is 292 g/mol. The number of hydrogen-bond donors (Lipinski definition) is 0. The Balaban J connectivity index is 2.39. The molecule has 0 N–H and O–H groups in total. The number of hydrogen-bond acceptors (Lipinski definition) is 3. The van der Waals surface area contributed by atoms with E-state index in [-0.39, 0.29) is 4.90 Å². The van der Waals surface area contributed by atoms with E-state index in [1.54, 1.807) is 24.3 Å². The number of para-hydroxylation sites is 1. The minimum atomic E-state index is -3.39. The Morgan fingerprint density at radius 3 is 2.81 bits per heavy atom. The summed E-state index contributed by atoms with van der Waals surface area (Å²) in [5.41, 5.74) is 0.512. The van der Waals surface area contributed by atoms with Gasteiger partial charge in [0.05, 0.1) is 5.69 Å². The van der Waals surface area contributed by atoms with Gasteiger partial charge in [0.1, 0.15) is 11.2 Å². The van der Waals surface area contributed by atoms with E-state index >= 15 is 0 Å². The molecule has 0 saturated carbocycles. The lowest BCUT2D eigenvalue weighted by Crippen LogP contribution is -2.32. The van der Waals surface area contributed by atoms with Gasteiger partial charge in [-0.2, -0.15) is 0 Å². The van der Waals surface area contributed by atoms with Crippen molar-refractivity contribution in [3.8, 4) is 0 Å². The Bertz CT molecular complexity index is 513. The van der Waals surface area contributed by atoms with E-state index < -0.39 is 10.0 Å². The first-order valence-corrected chi connectivity index (χ1v) is 7.43. The zero-order valence-corrected chi connectivity index (χ0v) is 10.9. The fourth-order valence-electron chi connectivity index (χ4n) is 1.49. The summed E-state index contributed by atoms with van der Waals surface area (Å²) >= 11 is 3.28. The predicted octanol–water partition coefficient (Wildman–Crippen LogP) is 2.14. The quantitative estimate of drug-likeness (QED) is 0.803. The number of sulfonamides is 1. The highest BCUT2D eigenvalue weighted by Gasteiger charge is 2.27. The van der Waals surface area contributed by atoms with Crippen LogP contribution in [0.5, 0.6) is 0 Å². The number of nitrogens with zero attached hydrogens (tertiary/aromatic N) is 2. The number of benzene rings is 1. The van der Waals surface area contributed by atoms with Crippen molar-refractivity contribution in [3.05, 3.63) is 24.3 Å². The van der Waals surface area contributed by atoms with Crippen LogP contribution >= 0.6 is 15.9 Å². The molecule has 0 aliphatic carbocycles. The lowest BCUT2D eigenvalue weighted by molar-refractivity contribution is 0.522. The zero-order valence-electron chi connectivity index (χ0n) is 8.51. The van der Waals surface area contributed by atoms with Gasteiger partial charge in [-0.1, -0.05) is 28.1 Å². The van der Waals surface area contributed by atoms with Gasteiger partial charge >= 0.3 is 0 Å². The van der Waals surface area contributed by atoms with Crippen molar-refractivity contribution >= 4 is 38.0 Å². The van der Waals surface area contributed by atoms with Gasteiger partial charge in [0.2, 0.25) is 0 Å². The van der Waals surface area contributed by atoms with Crippen LogP contribution in [0.1, 0.15) is 6.42 Å². The van der Waals surface area contributed by atoms with Gasteiger partial charge in [-0.05, 0) is 18.6 Å². The summed E-state index contributed by atoms with van der Waals surface area (Å²) in [7, 11) is -3.39. The van der Waals surface area contributed by atoms with Gasteiger partial charge in [-0.15, -0.1) is 0 Å². The Hall–Kier alpha value is -0.880. The fraction of sp³-hybridized carbons (Fsp3) is 0.300. The van der Waals surface area contributed by atoms with Crippen molar-refractivity contribution in [1.29, 1.82) is 0 Å². The monoisotopic (exact) mass is 302 g/mol. The van der Waals surface area contributed by atoms with E-state index in [9.17, 15) is 8.42 Å². The standard InChI is InChI=1S/C10H11BrN2O2S/c11-6-3-7-13-8-12-9-4-1-2-5-10(9)16(13,14)15/h1-2,4-5,8H,3,6-7H2. The Kier molecular flexibility index (Phi) is 3.30. The van der Waals surface area contributed by atoms with Crippen molar-refractivity contribution in [2.45, 2.75) is 11.3 Å². The number of halogens is 1. The van der Waals surface area contributed by atoms with E-state index in [0.717, 1.165) is 11.8 Å². The van der Waals surface area contributed by atoms with Crippen LogP contribution in [0.4, 0.5) is 5.69 Å². The highest BCUT2D eigenvalue weighted by atomic mass is 79.9. The third kappa shape index (κ3) is 1.99. The van der Waals surface area contributed by atoms with Crippen LogP contribution in [0.3, 0.4) is 0 Å². The molecule has 0 fully saturated rings. The first-order chi connectivity index (χ1) is 7.66. The predicted molar refractivity (Wildman–Crippen MR) is 66.9 cm³/mol. The summed E-state index contributed by atoms with van der Waals surface area (Å²) < 4.78 is 25.5. The molecule has 86 valence electrons. The van der Waals surface area contributed by atoms with E-state index in [4.69, 9.17) is 0 Å². The van der Waals surface area contributed by atoms with E-state index in [0.29, 0.717) is 12.2 Å². The third-order valence-corrected chi connectivity index (χ3v) is 4.65. The van der Waals surface area contributed by atoms with Crippen molar-refractivity contribution in [3.63, 3.8) is 0 Å². The minimum Gasteiger partial charge on any atom is -0.256 e. The van der Waals surface area contributed by atoms with Gasteiger partial charge in [0.15, 0.2) is 0 Å². The molecule has 2 rings (SSSR count). The summed E-state index contributed by atoms with van der Waals surface area (Å²) in [6.07, 6.45) is 2.15. The van der Waals surface area contributed by atoms with Crippen molar-refractivity contribution in [1.82, 2.24) is 4.31 Å². The molecule has 0 aromatic heterocycles. The molecule has 1 aromatic rings. The highest BCUT2D eigenvalue weighted by molar-refractivity contribution is 9.09. The van der Waals surface area contributed by atoms with Crippen molar-refractivity contribution in [2.24, 2.45) is 4.99 Å². The molecule has 0 saturated heterocycles. The molecule has 1 aliphatic rings. The lowest BCUT2D eigenvalue weighted by Gasteiger charge is -2.23. The molecular formula is C10H11BrN2O2S. The molecule has 1 heterocycles. The lowest BCUT2D eigenvalue weighted by atomic mass is 10.3. The SMILES string of the molecule is O=S1(=O)c2ccccc2N=CN1CCCBr. The van der Waals surface area contributed by atoms with E-state index in [1.165, 1.54) is 10.6 Å². The van der Waals surface area contributed by atoms with Gasteiger partial charge in [-0.25, -0.2) is 13.4 Å². The van der Waals surface area contributed by atoms with E-state index in [1.807, 2.05) is 0 Å². The Morgan fingerprint density at radius 1 is 1.31 bits per heavy atom. The summed E-state index contributed by atoms with van der Waals surface area (Å²) in [4.78, 5) is 4.41. The normalized spacial score (nSPS) is 17.2. The van der Waals surface area contributed by atoms with Crippen LogP contribution in [0.15, 0.2) is 34.2 Å². The largest absolute Gasteiger partial charge is 0.267 e. The maximum atomic E-state index is 12.1. The van der Waals surface area contributed by atoms with Gasteiger partial charge in [0.25, 0.3) is 10.0 Å². The van der Waals surface area contributed by atoms with Crippen molar-refractivity contribution in [2.75, 3.05) is 11.9 Å². The smallest absolute Gasteiger partial charge is 0.256 e. The zero-order chi connectivity index (χ0) is 11.6. The van der Waals surface area contributed by atoms with E-state index in [2.05, 4.69) is 20.9 Å². The third-order valence-electron chi connectivity index (χ3n) is 2.29. The molecule has 0 bridgehead atoms. The number of aliphatic imine (C=N–C) groups is 1. The molecule has 1 aliphatic heterocycles. The molecule has 0 amide bonds. The number of alkyl halides is 1. The first kappa shape index (κ1) is 11.6. The average Bonchev–Trinajstić information content (AvgIpc) is 2.28. The second-order valence-electron chi connectivity index (χ2n) is 3.37. The van der Waals surface area contributed by atoms with Gasteiger partial charge in [-0.3, -0.25) is 4.31 Å². The maximum Gasteiger partial charge on any atom is 0.267 e. The molecule has 0 radical (unpaired) electrons. The molecule has 4 nitrogen and oxygen atoms in total. The van der Waals surface area contributed by atoms with Crippen LogP contribution in [0.25, 0.3) is 0 Å². The highest BCUT2D eigenvalue weighted by Crippen LogP contribution is 2.29. The van der Waals surface area contributed by atoms with Crippen LogP contribution in [-0.2, 0) is 10.0 Å². The van der Waals surface area contributed by atoms with Gasteiger partial charge in [0, 0.05) is 11.9 Å². The minimum absolute atomic E-state index is 0.284. The second-order valence-corrected chi connectivity index (χ2v) is 6.02. The molecule has 6 heteroatoms. The summed E-state index contributed by atoms with van der Waals surface area (Å²) in [6, 6.07) is 6.77. The van der Waals surface area contributed by atoms with Crippen LogP contribution in [0.2, 0.25) is 0 Å². The molecule has 0 unspecified atom stereocenters. The van der Waals surface area contributed by atoms with Gasteiger partial charge < -0.3 is 0 Å². The molecule has 1 aromatic carbocycles. The number of fused-ring (bicyclic) bond motifs is 1. The van der Waals surface area contributed by atoms with Crippen LogP contribution < -0.4 is 0 Å². The topological polar surface area (TPSA) is 49.7 Å². The molecule has 0 atom stereocenters. The summed E-state index contributed by atoms with van der Waals surface area (Å²) in [5, 5.41) is 0.772. The Labute approximate surface area is 103 Å². The average molecular weight is 303 g/mol.